The van der Waals surface area contributed by atoms with Gasteiger partial charge in [0.1, 0.15) is 6.10 Å². The highest BCUT2D eigenvalue weighted by molar-refractivity contribution is 5.66. The van der Waals surface area contributed by atoms with Gasteiger partial charge in [-0.15, -0.1) is 0 Å². The van der Waals surface area contributed by atoms with Crippen molar-refractivity contribution in [3.8, 4) is 0 Å². The summed E-state index contributed by atoms with van der Waals surface area (Å²) in [6.45, 7) is 3.27. The maximum Gasteiger partial charge on any atom is 0.304 e. The highest BCUT2D eigenvalue weighted by atomic mass is 16.7. The van der Waals surface area contributed by atoms with Gasteiger partial charge in [0.05, 0.1) is 6.61 Å². The van der Waals surface area contributed by atoms with Crippen LogP contribution in [0.25, 0.3) is 0 Å². The van der Waals surface area contributed by atoms with Gasteiger partial charge in [0.2, 0.25) is 0 Å². The lowest BCUT2D eigenvalue weighted by molar-refractivity contribution is -0.160. The maximum atomic E-state index is 11.1. The van der Waals surface area contributed by atoms with Gasteiger partial charge in [-0.25, -0.2) is 0 Å². The van der Waals surface area contributed by atoms with Crippen molar-refractivity contribution in [2.45, 2.75) is 39.2 Å². The second kappa shape index (κ2) is 5.69. The second-order valence-electron chi connectivity index (χ2n) is 5.20. The van der Waals surface area contributed by atoms with E-state index in [-0.39, 0.29) is 30.8 Å². The van der Waals surface area contributed by atoms with Crippen molar-refractivity contribution in [1.29, 1.82) is 0 Å². The molecule has 0 amide bonds. The van der Waals surface area contributed by atoms with Gasteiger partial charge >= 0.3 is 11.9 Å². The molecule has 2 aliphatic carbocycles. The Hall–Kier alpha value is -1.10. The first kappa shape index (κ1) is 13.3. The van der Waals surface area contributed by atoms with Gasteiger partial charge in [0.25, 0.3) is 0 Å². The minimum Gasteiger partial charge on any atom is -0.462 e. The van der Waals surface area contributed by atoms with E-state index in [9.17, 15) is 9.59 Å². The summed E-state index contributed by atoms with van der Waals surface area (Å²) in [6, 6.07) is 0. The molecule has 2 bridgehead atoms. The zero-order valence-electron chi connectivity index (χ0n) is 10.9. The van der Waals surface area contributed by atoms with Crippen molar-refractivity contribution in [2.24, 2.45) is 17.8 Å². The second-order valence-corrected chi connectivity index (χ2v) is 5.20. The fourth-order valence-corrected chi connectivity index (χ4v) is 3.27. The molecule has 0 heterocycles. The zero-order chi connectivity index (χ0) is 13.1. The number of fused-ring (bicyclic) bond motifs is 2. The minimum absolute atomic E-state index is 0.0152. The van der Waals surface area contributed by atoms with Crippen molar-refractivity contribution in [3.63, 3.8) is 0 Å². The molecule has 0 radical (unpaired) electrons. The van der Waals surface area contributed by atoms with Crippen molar-refractivity contribution in [3.05, 3.63) is 0 Å². The van der Waals surface area contributed by atoms with Gasteiger partial charge in [-0.3, -0.25) is 9.59 Å². The Kier molecular flexibility index (Phi) is 4.22. The Morgan fingerprint density at radius 2 is 1.83 bits per heavy atom. The molecule has 4 atom stereocenters. The van der Waals surface area contributed by atoms with E-state index in [1.807, 2.05) is 0 Å². The number of rotatable bonds is 5. The monoisotopic (exact) mass is 256 g/mol. The molecule has 2 aliphatic rings. The Balaban J connectivity index is 1.81. The molecule has 0 aromatic carbocycles. The van der Waals surface area contributed by atoms with E-state index in [0.717, 1.165) is 12.8 Å². The van der Waals surface area contributed by atoms with Crippen molar-refractivity contribution >= 4 is 11.9 Å². The molecule has 2 saturated carbocycles. The predicted molar refractivity (Wildman–Crippen MR) is 62.5 cm³/mol. The average Bonchev–Trinajstić information content (AvgIpc) is 2.85. The van der Waals surface area contributed by atoms with Crippen LogP contribution in [0.2, 0.25) is 0 Å². The lowest BCUT2D eigenvalue weighted by atomic mass is 9.87. The van der Waals surface area contributed by atoms with Gasteiger partial charge in [0, 0.05) is 19.8 Å². The summed E-state index contributed by atoms with van der Waals surface area (Å²) in [4.78, 5) is 21.7. The lowest BCUT2D eigenvalue weighted by Crippen LogP contribution is -2.35. The van der Waals surface area contributed by atoms with E-state index in [1.54, 1.807) is 0 Å². The molecule has 2 fully saturated rings. The van der Waals surface area contributed by atoms with E-state index >= 15 is 0 Å². The van der Waals surface area contributed by atoms with E-state index in [0.29, 0.717) is 18.4 Å². The highest BCUT2D eigenvalue weighted by Gasteiger charge is 2.49. The summed E-state index contributed by atoms with van der Waals surface area (Å²) in [5.74, 6) is 0.748. The number of esters is 2. The van der Waals surface area contributed by atoms with Crippen LogP contribution in [0.5, 0.6) is 0 Å². The molecule has 0 aromatic rings. The zero-order valence-corrected chi connectivity index (χ0v) is 10.9. The number of carbonyl (C=O) groups is 2. The summed E-state index contributed by atoms with van der Waals surface area (Å²) in [6.07, 6.45) is 3.44. The minimum atomic E-state index is -0.348. The first-order valence-corrected chi connectivity index (χ1v) is 6.46. The SMILES string of the molecule is CC(=O)OCOC[C@@H]1[C@H]2CC[C@H](C2)[C@@H]1OC(C)=O. The quantitative estimate of drug-likeness (QED) is 0.424. The maximum absolute atomic E-state index is 11.1. The average molecular weight is 256 g/mol. The summed E-state index contributed by atoms with van der Waals surface area (Å²) >= 11 is 0. The molecule has 18 heavy (non-hydrogen) atoms. The predicted octanol–water partition coefficient (Wildman–Crippen LogP) is 1.50. The van der Waals surface area contributed by atoms with Gasteiger partial charge < -0.3 is 14.2 Å². The van der Waals surface area contributed by atoms with E-state index in [4.69, 9.17) is 14.2 Å². The molecule has 5 nitrogen and oxygen atoms in total. The third-order valence-corrected chi connectivity index (χ3v) is 3.96. The molecular formula is C13H20O5. The molecule has 0 aromatic heterocycles. The summed E-state index contributed by atoms with van der Waals surface area (Å²) in [5, 5.41) is 0. The fraction of sp³-hybridized carbons (Fsp3) is 0.846. The van der Waals surface area contributed by atoms with Crippen LogP contribution in [0.3, 0.4) is 0 Å². The number of ether oxygens (including phenoxy) is 3. The lowest BCUT2D eigenvalue weighted by Gasteiger charge is -2.30. The fourth-order valence-electron chi connectivity index (χ4n) is 3.27. The third kappa shape index (κ3) is 3.02. The summed E-state index contributed by atoms with van der Waals surface area (Å²) in [5.41, 5.74) is 0. The van der Waals surface area contributed by atoms with Gasteiger partial charge in [-0.05, 0) is 31.1 Å². The van der Waals surface area contributed by atoms with Crippen LogP contribution in [0.4, 0.5) is 0 Å². The van der Waals surface area contributed by atoms with Crippen LogP contribution in [-0.4, -0.2) is 31.4 Å². The topological polar surface area (TPSA) is 61.8 Å². The van der Waals surface area contributed by atoms with Crippen LogP contribution < -0.4 is 0 Å². The summed E-state index contributed by atoms with van der Waals surface area (Å²) in [7, 11) is 0. The van der Waals surface area contributed by atoms with Crippen LogP contribution >= 0.6 is 0 Å². The number of hydrogen-bond donors (Lipinski definition) is 0. The molecule has 0 spiro atoms. The molecule has 5 heteroatoms. The van der Waals surface area contributed by atoms with Gasteiger partial charge in [0.15, 0.2) is 6.79 Å². The Morgan fingerprint density at radius 3 is 2.50 bits per heavy atom. The van der Waals surface area contributed by atoms with E-state index < -0.39 is 0 Å². The van der Waals surface area contributed by atoms with Crippen molar-refractivity contribution in [1.82, 2.24) is 0 Å². The number of hydrogen-bond acceptors (Lipinski definition) is 5. The van der Waals surface area contributed by atoms with Gasteiger partial charge in [-0.2, -0.15) is 0 Å². The molecular weight excluding hydrogens is 236 g/mol. The third-order valence-electron chi connectivity index (χ3n) is 3.96. The van der Waals surface area contributed by atoms with Crippen molar-refractivity contribution in [2.75, 3.05) is 13.4 Å². The van der Waals surface area contributed by atoms with E-state index in [1.165, 1.54) is 20.3 Å². The van der Waals surface area contributed by atoms with Crippen LogP contribution in [0, 0.1) is 17.8 Å². The standard InChI is InChI=1S/C13H20O5/c1-8(14)17-7-16-6-12-10-3-4-11(5-10)13(12)18-9(2)15/h10-13H,3-7H2,1-2H3/t10-,11+,12+,13-/m0/s1. The first-order valence-electron chi connectivity index (χ1n) is 6.46. The largest absolute Gasteiger partial charge is 0.462 e. The Morgan fingerprint density at radius 1 is 1.11 bits per heavy atom. The Labute approximate surface area is 107 Å². The molecule has 0 N–H and O–H groups in total. The molecule has 102 valence electrons. The summed E-state index contributed by atoms with van der Waals surface area (Å²) < 4.78 is 15.5. The Bertz CT molecular complexity index is 327. The first-order chi connectivity index (χ1) is 8.58. The van der Waals surface area contributed by atoms with Crippen LogP contribution in [0.15, 0.2) is 0 Å². The molecule has 0 aliphatic heterocycles. The van der Waals surface area contributed by atoms with Gasteiger partial charge in [-0.1, -0.05) is 0 Å². The van der Waals surface area contributed by atoms with Crippen LogP contribution in [-0.2, 0) is 23.8 Å². The molecule has 0 unspecified atom stereocenters. The number of carbonyl (C=O) groups excluding carboxylic acids is 2. The van der Waals surface area contributed by atoms with Crippen LogP contribution in [0.1, 0.15) is 33.1 Å². The van der Waals surface area contributed by atoms with Crippen molar-refractivity contribution < 1.29 is 23.8 Å². The highest BCUT2D eigenvalue weighted by Crippen LogP contribution is 2.49. The normalized spacial score (nSPS) is 33.4. The molecule has 0 saturated heterocycles. The van der Waals surface area contributed by atoms with E-state index in [2.05, 4.69) is 0 Å². The smallest absolute Gasteiger partial charge is 0.304 e. The molecule has 2 rings (SSSR count).